The maximum absolute atomic E-state index is 11.9. The van der Waals surface area contributed by atoms with Crippen LogP contribution in [0, 0.1) is 6.92 Å². The van der Waals surface area contributed by atoms with Gasteiger partial charge in [0.05, 0.1) is 9.35 Å². The van der Waals surface area contributed by atoms with Gasteiger partial charge < -0.3 is 5.32 Å². The van der Waals surface area contributed by atoms with E-state index in [4.69, 9.17) is 11.6 Å². The first-order valence-corrected chi connectivity index (χ1v) is 6.93. The quantitative estimate of drug-likeness (QED) is 0.847. The first-order valence-electron chi connectivity index (χ1n) is 4.88. The van der Waals surface area contributed by atoms with Crippen molar-refractivity contribution in [3.63, 3.8) is 0 Å². The van der Waals surface area contributed by atoms with E-state index >= 15 is 0 Å². The van der Waals surface area contributed by atoms with E-state index < -0.39 is 0 Å². The maximum Gasteiger partial charge on any atom is 0.256 e. The number of hydrogen-bond donors (Lipinski definition) is 1. The Hall–Kier alpha value is -0.840. The molecule has 1 N–H and O–H groups in total. The van der Waals surface area contributed by atoms with Crippen molar-refractivity contribution in [1.82, 2.24) is 0 Å². The number of nitrogens with one attached hydrogen (secondary N) is 1. The number of amides is 1. The summed E-state index contributed by atoms with van der Waals surface area (Å²) in [6.45, 7) is 1.92. The summed E-state index contributed by atoms with van der Waals surface area (Å²) in [5, 5.41) is 5.25. The molecule has 2 nitrogen and oxygen atoms in total. The smallest absolute Gasteiger partial charge is 0.256 e. The van der Waals surface area contributed by atoms with E-state index in [9.17, 15) is 4.79 Å². The first kappa shape index (κ1) is 12.6. The summed E-state index contributed by atoms with van der Waals surface area (Å²) in [5.74, 6) is -0.133. The summed E-state index contributed by atoms with van der Waals surface area (Å²) < 4.78 is 0.935. The number of aryl methyl sites for hydroxylation is 1. The number of hydrogen-bond acceptors (Lipinski definition) is 2. The molecule has 0 bridgehead atoms. The minimum Gasteiger partial charge on any atom is -0.322 e. The van der Waals surface area contributed by atoms with Gasteiger partial charge in [-0.3, -0.25) is 4.79 Å². The van der Waals surface area contributed by atoms with E-state index in [-0.39, 0.29) is 5.91 Å². The van der Waals surface area contributed by atoms with Crippen LogP contribution in [0.5, 0.6) is 0 Å². The van der Waals surface area contributed by atoms with Gasteiger partial charge in [-0.25, -0.2) is 0 Å². The van der Waals surface area contributed by atoms with Crippen LogP contribution in [0.1, 0.15) is 15.9 Å². The van der Waals surface area contributed by atoms with Gasteiger partial charge in [-0.2, -0.15) is 0 Å². The standard InChI is InChI=1S/C12H9BrClNOS/c1-7-2-3-9(5-10(7)14)15-12(16)8-4-11(13)17-6-8/h2-6H,1H3,(H,15,16). The highest BCUT2D eigenvalue weighted by Gasteiger charge is 2.08. The molecule has 0 unspecified atom stereocenters. The van der Waals surface area contributed by atoms with Gasteiger partial charge in [-0.05, 0) is 46.6 Å². The number of carbonyl (C=O) groups is 1. The van der Waals surface area contributed by atoms with Crippen molar-refractivity contribution in [2.24, 2.45) is 0 Å². The minimum absolute atomic E-state index is 0.133. The van der Waals surface area contributed by atoms with Crippen LogP contribution in [0.25, 0.3) is 0 Å². The molecule has 0 saturated carbocycles. The highest BCUT2D eigenvalue weighted by molar-refractivity contribution is 9.11. The van der Waals surface area contributed by atoms with Gasteiger partial charge in [0, 0.05) is 16.1 Å². The van der Waals surface area contributed by atoms with Gasteiger partial charge in [0.1, 0.15) is 0 Å². The molecule has 0 atom stereocenters. The van der Waals surface area contributed by atoms with Crippen molar-refractivity contribution < 1.29 is 4.79 Å². The van der Waals surface area contributed by atoms with E-state index in [2.05, 4.69) is 21.2 Å². The summed E-state index contributed by atoms with van der Waals surface area (Å²) in [6, 6.07) is 7.24. The molecule has 0 spiro atoms. The molecule has 1 aromatic carbocycles. The zero-order valence-corrected chi connectivity index (χ0v) is 12.1. The van der Waals surface area contributed by atoms with Crippen LogP contribution in [-0.2, 0) is 0 Å². The van der Waals surface area contributed by atoms with Crippen molar-refractivity contribution in [2.75, 3.05) is 5.32 Å². The Labute approximate surface area is 117 Å². The van der Waals surface area contributed by atoms with Gasteiger partial charge >= 0.3 is 0 Å². The molecule has 17 heavy (non-hydrogen) atoms. The lowest BCUT2D eigenvalue weighted by Crippen LogP contribution is -2.10. The number of rotatable bonds is 2. The molecule has 0 fully saturated rings. The number of carbonyl (C=O) groups excluding carboxylic acids is 1. The van der Waals surface area contributed by atoms with Crippen LogP contribution in [0.3, 0.4) is 0 Å². The second-order valence-electron chi connectivity index (χ2n) is 3.56. The lowest BCUT2D eigenvalue weighted by Gasteiger charge is -2.05. The molecule has 2 aromatic rings. The van der Waals surface area contributed by atoms with E-state index in [1.54, 1.807) is 17.5 Å². The van der Waals surface area contributed by atoms with Crippen LogP contribution in [0.2, 0.25) is 5.02 Å². The average Bonchev–Trinajstić information content (AvgIpc) is 2.70. The van der Waals surface area contributed by atoms with Gasteiger partial charge in [-0.15, -0.1) is 11.3 Å². The van der Waals surface area contributed by atoms with Crippen LogP contribution in [-0.4, -0.2) is 5.91 Å². The molecule has 1 aromatic heterocycles. The lowest BCUT2D eigenvalue weighted by molar-refractivity contribution is 0.102. The maximum atomic E-state index is 11.9. The number of anilines is 1. The Morgan fingerprint density at radius 2 is 2.18 bits per heavy atom. The molecule has 0 aliphatic heterocycles. The third-order valence-corrected chi connectivity index (χ3v) is 4.17. The molecular formula is C12H9BrClNOS. The van der Waals surface area contributed by atoms with E-state index in [1.165, 1.54) is 11.3 Å². The van der Waals surface area contributed by atoms with Gasteiger partial charge in [0.2, 0.25) is 0 Å². The molecule has 0 saturated heterocycles. The summed E-state index contributed by atoms with van der Waals surface area (Å²) in [6.07, 6.45) is 0. The number of benzene rings is 1. The molecular weight excluding hydrogens is 322 g/mol. The second kappa shape index (κ2) is 5.21. The third-order valence-electron chi connectivity index (χ3n) is 2.26. The molecule has 1 heterocycles. The topological polar surface area (TPSA) is 29.1 Å². The lowest BCUT2D eigenvalue weighted by atomic mass is 10.2. The summed E-state index contributed by atoms with van der Waals surface area (Å²) in [4.78, 5) is 11.9. The van der Waals surface area contributed by atoms with E-state index in [0.29, 0.717) is 16.3 Å². The van der Waals surface area contributed by atoms with Crippen molar-refractivity contribution in [1.29, 1.82) is 0 Å². The predicted molar refractivity (Wildman–Crippen MR) is 76.2 cm³/mol. The molecule has 1 amide bonds. The average molecular weight is 331 g/mol. The summed E-state index contributed by atoms with van der Waals surface area (Å²) in [5.41, 5.74) is 2.33. The Kier molecular flexibility index (Phi) is 3.86. The molecule has 2 rings (SSSR count). The fourth-order valence-corrected chi connectivity index (χ4v) is 2.62. The fourth-order valence-electron chi connectivity index (χ4n) is 1.30. The van der Waals surface area contributed by atoms with Crippen LogP contribution in [0.4, 0.5) is 5.69 Å². The van der Waals surface area contributed by atoms with Crippen molar-refractivity contribution in [3.8, 4) is 0 Å². The van der Waals surface area contributed by atoms with Gasteiger partial charge in [0.15, 0.2) is 0 Å². The van der Waals surface area contributed by atoms with Crippen molar-refractivity contribution >= 4 is 50.5 Å². The molecule has 88 valence electrons. The predicted octanol–water partition coefficient (Wildman–Crippen LogP) is 4.72. The largest absolute Gasteiger partial charge is 0.322 e. The van der Waals surface area contributed by atoms with Gasteiger partial charge in [-0.1, -0.05) is 17.7 Å². The number of halogens is 2. The zero-order valence-electron chi connectivity index (χ0n) is 8.96. The van der Waals surface area contributed by atoms with Crippen LogP contribution >= 0.6 is 38.9 Å². The van der Waals surface area contributed by atoms with Crippen LogP contribution in [0.15, 0.2) is 33.4 Å². The Bertz CT molecular complexity index is 567. The monoisotopic (exact) mass is 329 g/mol. The normalized spacial score (nSPS) is 10.3. The highest BCUT2D eigenvalue weighted by Crippen LogP contribution is 2.23. The van der Waals surface area contributed by atoms with E-state index in [1.807, 2.05) is 19.1 Å². The Morgan fingerprint density at radius 3 is 2.76 bits per heavy atom. The summed E-state index contributed by atoms with van der Waals surface area (Å²) in [7, 11) is 0. The van der Waals surface area contributed by atoms with Gasteiger partial charge in [0.25, 0.3) is 5.91 Å². The highest BCUT2D eigenvalue weighted by atomic mass is 79.9. The van der Waals surface area contributed by atoms with Crippen molar-refractivity contribution in [3.05, 3.63) is 49.6 Å². The molecule has 0 aliphatic carbocycles. The third kappa shape index (κ3) is 3.09. The SMILES string of the molecule is Cc1ccc(NC(=O)c2csc(Br)c2)cc1Cl. The molecule has 5 heteroatoms. The Balaban J connectivity index is 2.15. The molecule has 0 aliphatic rings. The van der Waals surface area contributed by atoms with Crippen molar-refractivity contribution in [2.45, 2.75) is 6.92 Å². The zero-order chi connectivity index (χ0) is 12.4. The number of thiophene rings is 1. The summed E-state index contributed by atoms with van der Waals surface area (Å²) >= 11 is 10.8. The van der Waals surface area contributed by atoms with E-state index in [0.717, 1.165) is 9.35 Å². The van der Waals surface area contributed by atoms with Crippen LogP contribution < -0.4 is 5.32 Å². The first-order chi connectivity index (χ1) is 8.06. The second-order valence-corrected chi connectivity index (χ2v) is 6.26. The fraction of sp³-hybridized carbons (Fsp3) is 0.0833. The Morgan fingerprint density at radius 1 is 1.41 bits per heavy atom. The molecule has 0 radical (unpaired) electrons. The minimum atomic E-state index is -0.133.